The van der Waals surface area contributed by atoms with Crippen LogP contribution in [-0.4, -0.2) is 43.7 Å². The van der Waals surface area contributed by atoms with Crippen LogP contribution in [0.5, 0.6) is 0 Å². The van der Waals surface area contributed by atoms with Crippen molar-refractivity contribution in [3.05, 3.63) is 0 Å². The second-order valence-electron chi connectivity index (χ2n) is 3.39. The molecule has 2 unspecified atom stereocenters. The summed E-state index contributed by atoms with van der Waals surface area (Å²) in [7, 11) is 3.47. The Morgan fingerprint density at radius 1 is 1.50 bits per heavy atom. The smallest absolute Gasteiger partial charge is 0.251 e. The molecule has 0 saturated carbocycles. The summed E-state index contributed by atoms with van der Waals surface area (Å²) in [5.74, 6) is 0.0434. The summed E-state index contributed by atoms with van der Waals surface area (Å²) >= 11 is 0. The number of carbonyl (C=O) groups is 1. The molecular weight excluding hydrogens is 156 g/mol. The van der Waals surface area contributed by atoms with Crippen molar-refractivity contribution in [3.63, 3.8) is 0 Å². The fourth-order valence-electron chi connectivity index (χ4n) is 1.25. The molecule has 2 atom stereocenters. The van der Waals surface area contributed by atoms with Crippen LogP contribution in [-0.2, 0) is 9.53 Å². The summed E-state index contributed by atoms with van der Waals surface area (Å²) in [6.45, 7) is 0.504. The van der Waals surface area contributed by atoms with Crippen molar-refractivity contribution >= 4 is 5.91 Å². The topological polar surface area (TPSA) is 55.6 Å². The van der Waals surface area contributed by atoms with Crippen molar-refractivity contribution in [2.45, 2.75) is 25.0 Å². The number of nitrogens with zero attached hydrogens (tertiary/aromatic N) is 1. The van der Waals surface area contributed by atoms with Gasteiger partial charge in [-0.05, 0) is 12.8 Å². The Labute approximate surface area is 72.7 Å². The van der Waals surface area contributed by atoms with Crippen molar-refractivity contribution < 1.29 is 9.53 Å². The third-order valence-corrected chi connectivity index (χ3v) is 2.03. The van der Waals surface area contributed by atoms with Crippen molar-refractivity contribution in [3.8, 4) is 0 Å². The highest BCUT2D eigenvalue weighted by Gasteiger charge is 2.26. The number of rotatable bonds is 1. The zero-order valence-electron chi connectivity index (χ0n) is 7.62. The molecule has 0 bridgehead atoms. The lowest BCUT2D eigenvalue weighted by Crippen LogP contribution is -2.43. The van der Waals surface area contributed by atoms with E-state index < -0.39 is 0 Å². The number of likely N-dealkylation sites (N-methyl/N-ethyl adjacent to an activating group) is 1. The van der Waals surface area contributed by atoms with Gasteiger partial charge in [0.05, 0.1) is 6.61 Å². The molecule has 1 fully saturated rings. The van der Waals surface area contributed by atoms with Crippen molar-refractivity contribution in [2.24, 2.45) is 5.73 Å². The Bertz CT molecular complexity index is 162. The minimum atomic E-state index is -0.264. The van der Waals surface area contributed by atoms with Crippen molar-refractivity contribution in [1.29, 1.82) is 0 Å². The molecule has 12 heavy (non-hydrogen) atoms. The molecule has 1 saturated heterocycles. The normalized spacial score (nSPS) is 29.9. The SMILES string of the molecule is CN(C)C(=O)C1CCC(N)CO1. The summed E-state index contributed by atoms with van der Waals surface area (Å²) in [4.78, 5) is 12.9. The van der Waals surface area contributed by atoms with E-state index in [1.165, 1.54) is 0 Å². The molecule has 0 spiro atoms. The van der Waals surface area contributed by atoms with E-state index in [1.54, 1.807) is 19.0 Å². The molecule has 0 aromatic heterocycles. The Morgan fingerprint density at radius 2 is 2.17 bits per heavy atom. The van der Waals surface area contributed by atoms with Gasteiger partial charge in [0.15, 0.2) is 0 Å². The molecule has 70 valence electrons. The minimum Gasteiger partial charge on any atom is -0.367 e. The molecule has 2 N–H and O–H groups in total. The first-order valence-electron chi connectivity index (χ1n) is 4.19. The molecule has 1 rings (SSSR count). The number of ether oxygens (including phenoxy) is 1. The van der Waals surface area contributed by atoms with Gasteiger partial charge in [0.2, 0.25) is 0 Å². The van der Waals surface area contributed by atoms with E-state index in [2.05, 4.69) is 0 Å². The van der Waals surface area contributed by atoms with Gasteiger partial charge in [-0.3, -0.25) is 4.79 Å². The van der Waals surface area contributed by atoms with Gasteiger partial charge < -0.3 is 15.4 Å². The maximum absolute atomic E-state index is 11.4. The minimum absolute atomic E-state index is 0.0434. The van der Waals surface area contributed by atoms with Gasteiger partial charge in [-0.2, -0.15) is 0 Å². The van der Waals surface area contributed by atoms with E-state index in [-0.39, 0.29) is 18.1 Å². The van der Waals surface area contributed by atoms with Gasteiger partial charge in [0.1, 0.15) is 6.10 Å². The molecular formula is C8H16N2O2. The summed E-state index contributed by atoms with van der Waals surface area (Å²) in [5, 5.41) is 0. The number of hydrogen-bond acceptors (Lipinski definition) is 3. The summed E-state index contributed by atoms with van der Waals surface area (Å²) < 4.78 is 5.30. The third kappa shape index (κ3) is 2.19. The molecule has 4 nitrogen and oxygen atoms in total. The molecule has 4 heteroatoms. The van der Waals surface area contributed by atoms with Crippen LogP contribution in [0.15, 0.2) is 0 Å². The Kier molecular flexibility index (Phi) is 3.05. The second-order valence-corrected chi connectivity index (χ2v) is 3.39. The van der Waals surface area contributed by atoms with E-state index in [0.717, 1.165) is 12.8 Å². The first-order chi connectivity index (χ1) is 5.61. The molecule has 1 heterocycles. The van der Waals surface area contributed by atoms with Crippen LogP contribution in [0.25, 0.3) is 0 Å². The highest BCUT2D eigenvalue weighted by molar-refractivity contribution is 5.80. The van der Waals surface area contributed by atoms with E-state index in [4.69, 9.17) is 10.5 Å². The fraction of sp³-hybridized carbons (Fsp3) is 0.875. The monoisotopic (exact) mass is 172 g/mol. The molecule has 0 aliphatic carbocycles. The van der Waals surface area contributed by atoms with Crippen LogP contribution in [0, 0.1) is 0 Å². The molecule has 0 aromatic carbocycles. The quantitative estimate of drug-likeness (QED) is 0.584. The van der Waals surface area contributed by atoms with Gasteiger partial charge in [-0.15, -0.1) is 0 Å². The largest absolute Gasteiger partial charge is 0.367 e. The first kappa shape index (κ1) is 9.48. The lowest BCUT2D eigenvalue weighted by Gasteiger charge is -2.27. The van der Waals surface area contributed by atoms with E-state index in [1.807, 2.05) is 0 Å². The Hall–Kier alpha value is -0.610. The van der Waals surface area contributed by atoms with Crippen LogP contribution in [0.1, 0.15) is 12.8 Å². The van der Waals surface area contributed by atoms with Gasteiger partial charge in [-0.25, -0.2) is 0 Å². The lowest BCUT2D eigenvalue weighted by atomic mass is 10.1. The Balaban J connectivity index is 2.39. The maximum Gasteiger partial charge on any atom is 0.251 e. The zero-order valence-corrected chi connectivity index (χ0v) is 7.62. The number of nitrogens with two attached hydrogens (primary N) is 1. The molecule has 1 aliphatic rings. The zero-order chi connectivity index (χ0) is 9.14. The molecule has 0 radical (unpaired) electrons. The predicted octanol–water partition coefficient (Wildman–Crippen LogP) is -0.419. The van der Waals surface area contributed by atoms with Crippen LogP contribution < -0.4 is 5.73 Å². The molecule has 0 aromatic rings. The van der Waals surface area contributed by atoms with Crippen molar-refractivity contribution in [1.82, 2.24) is 4.90 Å². The number of carbonyl (C=O) groups excluding carboxylic acids is 1. The lowest BCUT2D eigenvalue weighted by molar-refractivity contribution is -0.144. The van der Waals surface area contributed by atoms with E-state index in [0.29, 0.717) is 6.61 Å². The van der Waals surface area contributed by atoms with Gasteiger partial charge in [0, 0.05) is 20.1 Å². The van der Waals surface area contributed by atoms with Crippen LogP contribution in [0.3, 0.4) is 0 Å². The fourth-order valence-corrected chi connectivity index (χ4v) is 1.25. The number of amides is 1. The predicted molar refractivity (Wildman–Crippen MR) is 45.6 cm³/mol. The van der Waals surface area contributed by atoms with Gasteiger partial charge in [-0.1, -0.05) is 0 Å². The average molecular weight is 172 g/mol. The number of hydrogen-bond donors (Lipinski definition) is 1. The maximum atomic E-state index is 11.4. The average Bonchev–Trinajstić information content (AvgIpc) is 2.04. The third-order valence-electron chi connectivity index (χ3n) is 2.03. The first-order valence-corrected chi connectivity index (χ1v) is 4.19. The van der Waals surface area contributed by atoms with Crippen LogP contribution in [0.4, 0.5) is 0 Å². The standard InChI is InChI=1S/C8H16N2O2/c1-10(2)8(11)7-4-3-6(9)5-12-7/h6-7H,3-5,9H2,1-2H3. The highest BCUT2D eigenvalue weighted by Crippen LogP contribution is 2.13. The van der Waals surface area contributed by atoms with E-state index in [9.17, 15) is 4.79 Å². The van der Waals surface area contributed by atoms with Crippen LogP contribution >= 0.6 is 0 Å². The highest BCUT2D eigenvalue weighted by atomic mass is 16.5. The van der Waals surface area contributed by atoms with Crippen LogP contribution in [0.2, 0.25) is 0 Å². The van der Waals surface area contributed by atoms with E-state index >= 15 is 0 Å². The molecule has 1 amide bonds. The second kappa shape index (κ2) is 3.87. The Morgan fingerprint density at radius 3 is 2.58 bits per heavy atom. The molecule has 1 aliphatic heterocycles. The van der Waals surface area contributed by atoms with Crippen molar-refractivity contribution in [2.75, 3.05) is 20.7 Å². The summed E-state index contributed by atoms with van der Waals surface area (Å²) in [6, 6.07) is 0.108. The summed E-state index contributed by atoms with van der Waals surface area (Å²) in [6.07, 6.45) is 1.36. The summed E-state index contributed by atoms with van der Waals surface area (Å²) in [5.41, 5.74) is 5.62. The van der Waals surface area contributed by atoms with Gasteiger partial charge >= 0.3 is 0 Å². The van der Waals surface area contributed by atoms with Gasteiger partial charge in [0.25, 0.3) is 5.91 Å².